The lowest BCUT2D eigenvalue weighted by Crippen LogP contribution is -2.66. The van der Waals surface area contributed by atoms with E-state index >= 15 is 0 Å². The van der Waals surface area contributed by atoms with Crippen molar-refractivity contribution < 1.29 is 34.6 Å². The Bertz CT molecular complexity index is 348. The molecule has 0 unspecified atom stereocenters. The van der Waals surface area contributed by atoms with E-state index in [-0.39, 0.29) is 25.7 Å². The first-order chi connectivity index (χ1) is 9.78. The molecule has 2 aliphatic rings. The van der Waals surface area contributed by atoms with Crippen molar-refractivity contribution in [2.24, 2.45) is 0 Å². The molecule has 21 heavy (non-hydrogen) atoms. The molecule has 0 saturated carbocycles. The number of aliphatic hydroxyl groups excluding tert-OH is 3. The second-order valence-electron chi connectivity index (χ2n) is 6.25. The van der Waals surface area contributed by atoms with Crippen molar-refractivity contribution in [3.63, 3.8) is 0 Å². The summed E-state index contributed by atoms with van der Waals surface area (Å²) < 4.78 is 16.8. The molecule has 2 fully saturated rings. The average Bonchev–Trinajstić information content (AvgIpc) is 2.43. The molecule has 0 spiro atoms. The molecule has 0 amide bonds. The molecule has 2 saturated heterocycles. The molecule has 7 nitrogen and oxygen atoms in total. The molecule has 2 rings (SSSR count). The smallest absolute Gasteiger partial charge is 0.197 e. The Morgan fingerprint density at radius 2 is 1.90 bits per heavy atom. The van der Waals surface area contributed by atoms with Crippen molar-refractivity contribution in [3.05, 3.63) is 0 Å². The van der Waals surface area contributed by atoms with E-state index in [1.165, 1.54) is 13.8 Å². The van der Waals surface area contributed by atoms with E-state index in [0.29, 0.717) is 19.4 Å². The van der Waals surface area contributed by atoms with Crippen LogP contribution in [-0.2, 0) is 14.2 Å². The SMILES string of the molecule is C[C@@]1(OC[C@@H]2C[C@H](O)CCO2)O[C@H](CO)C[C@H](O)[C@]1(C)O. The number of aliphatic hydroxyl groups is 4. The normalized spacial score (nSPS) is 48.3. The molecule has 124 valence electrons. The van der Waals surface area contributed by atoms with Gasteiger partial charge in [0.25, 0.3) is 0 Å². The lowest BCUT2D eigenvalue weighted by Gasteiger charge is -2.50. The van der Waals surface area contributed by atoms with Crippen LogP contribution in [0.1, 0.15) is 33.1 Å². The van der Waals surface area contributed by atoms with Crippen molar-refractivity contribution in [1.29, 1.82) is 0 Å². The minimum absolute atomic E-state index is 0.134. The zero-order valence-electron chi connectivity index (χ0n) is 12.6. The van der Waals surface area contributed by atoms with Gasteiger partial charge in [-0.05, 0) is 20.3 Å². The predicted octanol–water partition coefficient (Wildman–Crippen LogP) is -0.848. The van der Waals surface area contributed by atoms with Gasteiger partial charge in [-0.2, -0.15) is 0 Å². The van der Waals surface area contributed by atoms with Crippen molar-refractivity contribution in [2.75, 3.05) is 19.8 Å². The lowest BCUT2D eigenvalue weighted by atomic mass is 9.83. The predicted molar refractivity (Wildman–Crippen MR) is 72.5 cm³/mol. The van der Waals surface area contributed by atoms with E-state index in [9.17, 15) is 20.4 Å². The van der Waals surface area contributed by atoms with Crippen LogP contribution in [0, 0.1) is 0 Å². The standard InChI is InChI=1S/C14H26O7/c1-13(18)12(17)6-10(7-15)21-14(13,2)20-8-11-5-9(16)3-4-19-11/h9-12,15-18H,3-8H2,1-2H3/t9-,10+,11+,12+,13+,14-/m1/s1. The van der Waals surface area contributed by atoms with E-state index in [0.717, 1.165) is 0 Å². The molecule has 0 aromatic rings. The van der Waals surface area contributed by atoms with E-state index < -0.39 is 29.7 Å². The molecule has 0 aliphatic carbocycles. The second kappa shape index (κ2) is 6.45. The lowest BCUT2D eigenvalue weighted by molar-refractivity contribution is -0.374. The Hall–Kier alpha value is -0.280. The van der Waals surface area contributed by atoms with Crippen molar-refractivity contribution in [2.45, 2.75) is 68.9 Å². The molecular weight excluding hydrogens is 280 g/mol. The average molecular weight is 306 g/mol. The maximum Gasteiger partial charge on any atom is 0.197 e. The molecule has 4 N–H and O–H groups in total. The third-order valence-corrected chi connectivity index (χ3v) is 4.53. The zero-order chi connectivity index (χ0) is 15.7. The van der Waals surface area contributed by atoms with Crippen LogP contribution in [0.4, 0.5) is 0 Å². The number of hydrogen-bond acceptors (Lipinski definition) is 7. The number of hydrogen-bond donors (Lipinski definition) is 4. The van der Waals surface area contributed by atoms with Gasteiger partial charge in [0.15, 0.2) is 5.79 Å². The fourth-order valence-corrected chi connectivity index (χ4v) is 2.79. The third-order valence-electron chi connectivity index (χ3n) is 4.53. The van der Waals surface area contributed by atoms with Gasteiger partial charge in [0.05, 0.1) is 37.6 Å². The summed E-state index contributed by atoms with van der Waals surface area (Å²) in [5.74, 6) is -1.45. The summed E-state index contributed by atoms with van der Waals surface area (Å²) in [4.78, 5) is 0. The Morgan fingerprint density at radius 3 is 2.52 bits per heavy atom. The first-order valence-electron chi connectivity index (χ1n) is 7.41. The first kappa shape index (κ1) is 17.1. The highest BCUT2D eigenvalue weighted by atomic mass is 16.7. The quantitative estimate of drug-likeness (QED) is 0.536. The van der Waals surface area contributed by atoms with E-state index in [2.05, 4.69) is 0 Å². The van der Waals surface area contributed by atoms with Gasteiger partial charge in [0.1, 0.15) is 5.60 Å². The summed E-state index contributed by atoms with van der Waals surface area (Å²) in [5, 5.41) is 39.4. The van der Waals surface area contributed by atoms with Gasteiger partial charge in [-0.15, -0.1) is 0 Å². The van der Waals surface area contributed by atoms with Crippen molar-refractivity contribution in [1.82, 2.24) is 0 Å². The van der Waals surface area contributed by atoms with Crippen LogP contribution in [0.2, 0.25) is 0 Å². The summed E-state index contributed by atoms with van der Waals surface area (Å²) in [5.41, 5.74) is -1.61. The molecule has 2 heterocycles. The molecule has 7 heteroatoms. The van der Waals surface area contributed by atoms with Gasteiger partial charge in [-0.25, -0.2) is 0 Å². The molecule has 0 aromatic heterocycles. The molecule has 0 radical (unpaired) electrons. The van der Waals surface area contributed by atoms with Gasteiger partial charge in [-0.1, -0.05) is 0 Å². The number of ether oxygens (including phenoxy) is 3. The monoisotopic (exact) mass is 306 g/mol. The fraction of sp³-hybridized carbons (Fsp3) is 1.00. The highest BCUT2D eigenvalue weighted by Crippen LogP contribution is 2.39. The topological polar surface area (TPSA) is 109 Å². The molecular formula is C14H26O7. The summed E-state index contributed by atoms with van der Waals surface area (Å²) >= 11 is 0. The van der Waals surface area contributed by atoms with Gasteiger partial charge >= 0.3 is 0 Å². The van der Waals surface area contributed by atoms with Gasteiger partial charge in [-0.3, -0.25) is 0 Å². The Labute approximate surface area is 124 Å². The van der Waals surface area contributed by atoms with Crippen LogP contribution >= 0.6 is 0 Å². The van der Waals surface area contributed by atoms with E-state index in [1.807, 2.05) is 0 Å². The fourth-order valence-electron chi connectivity index (χ4n) is 2.79. The van der Waals surface area contributed by atoms with Gasteiger partial charge in [0, 0.05) is 19.4 Å². The largest absolute Gasteiger partial charge is 0.394 e. The third kappa shape index (κ3) is 3.56. The Balaban J connectivity index is 2.00. The zero-order valence-corrected chi connectivity index (χ0v) is 12.6. The Morgan fingerprint density at radius 1 is 1.19 bits per heavy atom. The first-order valence-corrected chi connectivity index (χ1v) is 7.41. The maximum absolute atomic E-state index is 10.5. The summed E-state index contributed by atoms with van der Waals surface area (Å²) in [6, 6.07) is 0. The Kier molecular flexibility index (Phi) is 5.25. The molecule has 6 atom stereocenters. The van der Waals surface area contributed by atoms with Gasteiger partial charge < -0.3 is 34.6 Å². The summed E-state index contributed by atoms with van der Waals surface area (Å²) in [6.45, 7) is 3.32. The summed E-state index contributed by atoms with van der Waals surface area (Å²) in [7, 11) is 0. The van der Waals surface area contributed by atoms with Crippen LogP contribution < -0.4 is 0 Å². The number of rotatable bonds is 4. The highest BCUT2D eigenvalue weighted by Gasteiger charge is 2.56. The van der Waals surface area contributed by atoms with Crippen LogP contribution in [0.5, 0.6) is 0 Å². The molecule has 2 aliphatic heterocycles. The van der Waals surface area contributed by atoms with Crippen LogP contribution in [0.15, 0.2) is 0 Å². The minimum Gasteiger partial charge on any atom is -0.394 e. The van der Waals surface area contributed by atoms with Crippen molar-refractivity contribution >= 4 is 0 Å². The van der Waals surface area contributed by atoms with Crippen molar-refractivity contribution in [3.8, 4) is 0 Å². The second-order valence-corrected chi connectivity index (χ2v) is 6.25. The summed E-state index contributed by atoms with van der Waals surface area (Å²) in [6.07, 6.45) is -1.15. The van der Waals surface area contributed by atoms with Crippen LogP contribution in [0.3, 0.4) is 0 Å². The molecule has 0 bridgehead atoms. The molecule has 0 aromatic carbocycles. The van der Waals surface area contributed by atoms with Crippen LogP contribution in [0.25, 0.3) is 0 Å². The minimum atomic E-state index is -1.61. The van der Waals surface area contributed by atoms with E-state index in [1.54, 1.807) is 0 Å². The van der Waals surface area contributed by atoms with Gasteiger partial charge in [0.2, 0.25) is 0 Å². The maximum atomic E-state index is 10.5. The van der Waals surface area contributed by atoms with Crippen LogP contribution in [-0.4, -0.2) is 76.1 Å². The highest BCUT2D eigenvalue weighted by molar-refractivity contribution is 4.99. The van der Waals surface area contributed by atoms with E-state index in [4.69, 9.17) is 14.2 Å².